The van der Waals surface area contributed by atoms with E-state index < -0.39 is 11.6 Å². The molecule has 1 heterocycles. The largest absolute Gasteiger partial charge is 0.490 e. The Hall–Kier alpha value is -1.98. The zero-order chi connectivity index (χ0) is 20.6. The average Bonchev–Trinajstić information content (AvgIpc) is 2.76. The van der Waals surface area contributed by atoms with Crippen molar-refractivity contribution in [2.75, 3.05) is 13.2 Å². The molecular formula is C24H30F2O3. The van der Waals surface area contributed by atoms with Crippen molar-refractivity contribution < 1.29 is 23.0 Å². The summed E-state index contributed by atoms with van der Waals surface area (Å²) in [7, 11) is 0. The standard InChI is InChI=1S/C24H30F2O3/c1-3-5-14-27-22-13-12-21(23(25)24(22)26)18-8-6-17(7-9-18)15-28-20-11-10-19(4-2)29-16-20/h6-9,12-13,19-20H,3-5,10-11,14-16H2,1-2H3. The number of unbranched alkanes of at least 4 members (excludes halogenated alkanes) is 1. The molecule has 0 amide bonds. The molecule has 2 aromatic carbocycles. The lowest BCUT2D eigenvalue weighted by molar-refractivity contribution is -0.0910. The van der Waals surface area contributed by atoms with Crippen molar-refractivity contribution in [2.45, 2.75) is 64.8 Å². The van der Waals surface area contributed by atoms with Crippen LogP contribution in [0.4, 0.5) is 8.78 Å². The number of ether oxygens (including phenoxy) is 3. The maximum atomic E-state index is 14.5. The lowest BCUT2D eigenvalue weighted by atomic mass is 10.0. The quantitative estimate of drug-likeness (QED) is 0.460. The van der Waals surface area contributed by atoms with Crippen LogP contribution in [0.3, 0.4) is 0 Å². The van der Waals surface area contributed by atoms with E-state index in [-0.39, 0.29) is 17.4 Å². The molecule has 0 N–H and O–H groups in total. The van der Waals surface area contributed by atoms with Crippen LogP contribution in [0.1, 0.15) is 51.5 Å². The molecule has 158 valence electrons. The van der Waals surface area contributed by atoms with Crippen LogP contribution in [-0.4, -0.2) is 25.4 Å². The number of halogens is 2. The molecule has 1 aliphatic rings. The zero-order valence-corrected chi connectivity index (χ0v) is 17.3. The van der Waals surface area contributed by atoms with Gasteiger partial charge in [0.2, 0.25) is 5.82 Å². The molecule has 3 rings (SSSR count). The Morgan fingerprint density at radius 2 is 1.79 bits per heavy atom. The second-order valence-electron chi connectivity index (χ2n) is 7.51. The van der Waals surface area contributed by atoms with Crippen molar-refractivity contribution in [2.24, 2.45) is 0 Å². The topological polar surface area (TPSA) is 27.7 Å². The third kappa shape index (κ3) is 5.77. The van der Waals surface area contributed by atoms with Crippen molar-refractivity contribution in [3.8, 4) is 16.9 Å². The van der Waals surface area contributed by atoms with Gasteiger partial charge in [0, 0.05) is 5.56 Å². The SMILES string of the molecule is CCCCOc1ccc(-c2ccc(COC3CCC(CC)OC3)cc2)c(F)c1F. The van der Waals surface area contributed by atoms with Gasteiger partial charge in [0.1, 0.15) is 0 Å². The fraction of sp³-hybridized carbons (Fsp3) is 0.500. The van der Waals surface area contributed by atoms with E-state index >= 15 is 0 Å². The molecule has 1 saturated heterocycles. The highest BCUT2D eigenvalue weighted by molar-refractivity contribution is 5.65. The van der Waals surface area contributed by atoms with Gasteiger partial charge < -0.3 is 14.2 Å². The van der Waals surface area contributed by atoms with Crippen LogP contribution in [-0.2, 0) is 16.1 Å². The predicted molar refractivity (Wildman–Crippen MR) is 110 cm³/mol. The Balaban J connectivity index is 1.59. The van der Waals surface area contributed by atoms with E-state index in [1.807, 2.05) is 19.1 Å². The van der Waals surface area contributed by atoms with Crippen LogP contribution in [0.25, 0.3) is 11.1 Å². The van der Waals surface area contributed by atoms with Crippen molar-refractivity contribution >= 4 is 0 Å². The number of rotatable bonds is 9. The van der Waals surface area contributed by atoms with Gasteiger partial charge in [-0.2, -0.15) is 4.39 Å². The summed E-state index contributed by atoms with van der Waals surface area (Å²) in [6.45, 7) is 5.64. The van der Waals surface area contributed by atoms with E-state index in [4.69, 9.17) is 14.2 Å². The first-order valence-corrected chi connectivity index (χ1v) is 10.6. The van der Waals surface area contributed by atoms with Gasteiger partial charge in [0.15, 0.2) is 11.6 Å². The Kier molecular flexibility index (Phi) is 8.01. The van der Waals surface area contributed by atoms with Crippen LogP contribution >= 0.6 is 0 Å². The molecule has 1 aliphatic heterocycles. The Morgan fingerprint density at radius 3 is 2.45 bits per heavy atom. The monoisotopic (exact) mass is 404 g/mol. The van der Waals surface area contributed by atoms with Gasteiger partial charge in [-0.3, -0.25) is 0 Å². The zero-order valence-electron chi connectivity index (χ0n) is 17.3. The molecule has 5 heteroatoms. The second kappa shape index (κ2) is 10.7. The minimum atomic E-state index is -0.936. The molecule has 29 heavy (non-hydrogen) atoms. The Labute approximate surface area is 172 Å². The molecule has 2 aromatic rings. The summed E-state index contributed by atoms with van der Waals surface area (Å²) in [4.78, 5) is 0. The minimum absolute atomic E-state index is 0.0373. The summed E-state index contributed by atoms with van der Waals surface area (Å²) in [5, 5.41) is 0. The molecule has 0 aromatic heterocycles. The van der Waals surface area contributed by atoms with Crippen LogP contribution in [0, 0.1) is 11.6 Å². The highest BCUT2D eigenvalue weighted by Crippen LogP contribution is 2.30. The third-order valence-electron chi connectivity index (χ3n) is 5.34. The lowest BCUT2D eigenvalue weighted by Crippen LogP contribution is -2.30. The third-order valence-corrected chi connectivity index (χ3v) is 5.34. The number of hydrogen-bond acceptors (Lipinski definition) is 3. The highest BCUT2D eigenvalue weighted by atomic mass is 19.2. The van der Waals surface area contributed by atoms with Crippen LogP contribution in [0.2, 0.25) is 0 Å². The van der Waals surface area contributed by atoms with Crippen LogP contribution < -0.4 is 4.74 Å². The van der Waals surface area contributed by atoms with E-state index in [1.165, 1.54) is 6.07 Å². The first kappa shape index (κ1) is 21.7. The Bertz CT molecular complexity index is 768. The van der Waals surface area contributed by atoms with Gasteiger partial charge in [-0.15, -0.1) is 0 Å². The number of hydrogen-bond donors (Lipinski definition) is 0. The number of benzene rings is 2. The first-order chi connectivity index (χ1) is 14.1. The summed E-state index contributed by atoms with van der Waals surface area (Å²) in [6, 6.07) is 10.4. The van der Waals surface area contributed by atoms with Crippen molar-refractivity contribution in [3.63, 3.8) is 0 Å². The van der Waals surface area contributed by atoms with Gasteiger partial charge >= 0.3 is 0 Å². The van der Waals surface area contributed by atoms with E-state index in [1.54, 1.807) is 18.2 Å². The van der Waals surface area contributed by atoms with Crippen molar-refractivity contribution in [3.05, 3.63) is 53.6 Å². The normalized spacial score (nSPS) is 19.3. The molecule has 0 radical (unpaired) electrons. The van der Waals surface area contributed by atoms with Gasteiger partial charge in [-0.25, -0.2) is 4.39 Å². The summed E-state index contributed by atoms with van der Waals surface area (Å²) in [5.41, 5.74) is 1.84. The van der Waals surface area contributed by atoms with Gasteiger partial charge in [-0.05, 0) is 48.9 Å². The molecule has 0 bridgehead atoms. The smallest absolute Gasteiger partial charge is 0.201 e. The minimum Gasteiger partial charge on any atom is -0.490 e. The van der Waals surface area contributed by atoms with Gasteiger partial charge in [0.05, 0.1) is 32.0 Å². The van der Waals surface area contributed by atoms with Gasteiger partial charge in [-0.1, -0.05) is 44.5 Å². The van der Waals surface area contributed by atoms with Crippen LogP contribution in [0.15, 0.2) is 36.4 Å². The summed E-state index contributed by atoms with van der Waals surface area (Å²) < 4.78 is 45.8. The molecular weight excluding hydrogens is 374 g/mol. The lowest BCUT2D eigenvalue weighted by Gasteiger charge is -2.28. The fourth-order valence-electron chi connectivity index (χ4n) is 3.42. The predicted octanol–water partition coefficient (Wildman–Crippen LogP) is 6.28. The average molecular weight is 404 g/mol. The summed E-state index contributed by atoms with van der Waals surface area (Å²) >= 11 is 0. The van der Waals surface area contributed by atoms with Gasteiger partial charge in [0.25, 0.3) is 0 Å². The van der Waals surface area contributed by atoms with E-state index in [0.29, 0.717) is 31.5 Å². The van der Waals surface area contributed by atoms with Crippen LogP contribution in [0.5, 0.6) is 5.75 Å². The molecule has 2 unspecified atom stereocenters. The molecule has 3 nitrogen and oxygen atoms in total. The summed E-state index contributed by atoms with van der Waals surface area (Å²) in [5.74, 6) is -1.86. The molecule has 0 aliphatic carbocycles. The maximum Gasteiger partial charge on any atom is 0.201 e. The highest BCUT2D eigenvalue weighted by Gasteiger charge is 2.21. The molecule has 2 atom stereocenters. The Morgan fingerprint density at radius 1 is 1.00 bits per heavy atom. The molecule has 0 spiro atoms. The maximum absolute atomic E-state index is 14.5. The fourth-order valence-corrected chi connectivity index (χ4v) is 3.42. The van der Waals surface area contributed by atoms with E-state index in [2.05, 4.69) is 6.92 Å². The van der Waals surface area contributed by atoms with Crippen molar-refractivity contribution in [1.82, 2.24) is 0 Å². The molecule has 1 fully saturated rings. The van der Waals surface area contributed by atoms with Crippen molar-refractivity contribution in [1.29, 1.82) is 0 Å². The second-order valence-corrected chi connectivity index (χ2v) is 7.51. The summed E-state index contributed by atoms with van der Waals surface area (Å²) in [6.07, 6.45) is 5.29. The first-order valence-electron chi connectivity index (χ1n) is 10.6. The van der Waals surface area contributed by atoms with E-state index in [9.17, 15) is 8.78 Å². The van der Waals surface area contributed by atoms with E-state index in [0.717, 1.165) is 37.7 Å². The molecule has 0 saturated carbocycles.